The number of aromatic amines is 1. The van der Waals surface area contributed by atoms with Crippen molar-refractivity contribution < 1.29 is 8.42 Å². The number of aromatic nitrogens is 3. The zero-order valence-electron chi connectivity index (χ0n) is 7.99. The van der Waals surface area contributed by atoms with E-state index in [9.17, 15) is 8.42 Å². The van der Waals surface area contributed by atoms with E-state index >= 15 is 0 Å². The number of rotatable bonds is 2. The van der Waals surface area contributed by atoms with E-state index < -0.39 is 9.05 Å². The number of hydrogen-bond acceptors (Lipinski definition) is 4. The lowest BCUT2D eigenvalue weighted by molar-refractivity contribution is 0.602. The first-order chi connectivity index (χ1) is 7.88. The third-order valence-corrected chi connectivity index (χ3v) is 4.13. The summed E-state index contributed by atoms with van der Waals surface area (Å²) in [5.41, 5.74) is 0.655. The number of nitrogens with zero attached hydrogens (tertiary/aromatic N) is 2. The van der Waals surface area contributed by atoms with Crippen molar-refractivity contribution in [1.29, 1.82) is 0 Å². The maximum atomic E-state index is 11.0. The Morgan fingerprint density at radius 3 is 2.59 bits per heavy atom. The van der Waals surface area contributed by atoms with Crippen LogP contribution in [0.25, 0.3) is 11.4 Å². The second-order valence-corrected chi connectivity index (χ2v) is 7.28. The van der Waals surface area contributed by atoms with Gasteiger partial charge in [0.15, 0.2) is 5.82 Å². The Balaban J connectivity index is 2.55. The molecule has 1 N–H and O–H groups in total. The number of nitrogens with one attached hydrogen (secondary N) is 1. The van der Waals surface area contributed by atoms with Crippen molar-refractivity contribution >= 4 is 51.6 Å². The Morgan fingerprint density at radius 2 is 2.00 bits per heavy atom. The van der Waals surface area contributed by atoms with Crippen LogP contribution in [0.4, 0.5) is 0 Å². The Hall–Kier alpha value is -0.440. The van der Waals surface area contributed by atoms with E-state index in [4.69, 9.17) is 10.7 Å². The molecular weight excluding hydrogens is 397 g/mol. The van der Waals surface area contributed by atoms with Gasteiger partial charge in [-0.1, -0.05) is 31.9 Å². The summed E-state index contributed by atoms with van der Waals surface area (Å²) in [6.45, 7) is 0. The lowest BCUT2D eigenvalue weighted by Gasteiger charge is -1.99. The van der Waals surface area contributed by atoms with Gasteiger partial charge < -0.3 is 0 Å². The first-order valence-corrected chi connectivity index (χ1v) is 8.10. The van der Waals surface area contributed by atoms with Crippen molar-refractivity contribution in [3.8, 4) is 11.4 Å². The molecule has 0 unspecified atom stereocenters. The van der Waals surface area contributed by atoms with Gasteiger partial charge in [0, 0.05) is 25.2 Å². The fraction of sp³-hybridized carbons (Fsp3) is 0. The van der Waals surface area contributed by atoms with Gasteiger partial charge in [-0.25, -0.2) is 13.5 Å². The normalized spacial score (nSPS) is 11.7. The fourth-order valence-electron chi connectivity index (χ4n) is 1.15. The van der Waals surface area contributed by atoms with Gasteiger partial charge in [0.05, 0.1) is 0 Å². The summed E-state index contributed by atoms with van der Waals surface area (Å²) >= 11 is 6.64. The molecule has 0 aliphatic rings. The zero-order chi connectivity index (χ0) is 12.6. The largest absolute Gasteiger partial charge is 0.296 e. The molecule has 1 aromatic heterocycles. The monoisotopic (exact) mass is 399 g/mol. The van der Waals surface area contributed by atoms with Crippen LogP contribution in [0.3, 0.4) is 0 Å². The first-order valence-electron chi connectivity index (χ1n) is 4.20. The summed E-state index contributed by atoms with van der Waals surface area (Å²) in [5.74, 6) is 0.248. The zero-order valence-corrected chi connectivity index (χ0v) is 12.7. The number of hydrogen-bond donors (Lipinski definition) is 1. The molecule has 0 spiro atoms. The van der Waals surface area contributed by atoms with Gasteiger partial charge in [0.25, 0.3) is 14.2 Å². The molecule has 2 rings (SSSR count). The van der Waals surface area contributed by atoms with Crippen LogP contribution in [0.15, 0.2) is 32.3 Å². The van der Waals surface area contributed by atoms with E-state index in [-0.39, 0.29) is 11.0 Å². The predicted molar refractivity (Wildman–Crippen MR) is 70.3 cm³/mol. The molecule has 0 saturated heterocycles. The Morgan fingerprint density at radius 1 is 1.29 bits per heavy atom. The molecule has 0 bridgehead atoms. The number of halogens is 3. The van der Waals surface area contributed by atoms with Crippen LogP contribution in [-0.2, 0) is 9.05 Å². The van der Waals surface area contributed by atoms with Crippen LogP contribution in [0, 0.1) is 0 Å². The summed E-state index contributed by atoms with van der Waals surface area (Å²) in [5, 5.41) is 5.70. The molecule has 0 fully saturated rings. The molecule has 0 aliphatic heterocycles. The highest BCUT2D eigenvalue weighted by Gasteiger charge is 2.17. The number of H-pyrrole nitrogens is 1. The van der Waals surface area contributed by atoms with E-state index in [1.807, 2.05) is 6.07 Å². The van der Waals surface area contributed by atoms with Crippen LogP contribution < -0.4 is 0 Å². The van der Waals surface area contributed by atoms with Gasteiger partial charge in [-0.05, 0) is 18.2 Å². The molecule has 1 heterocycles. The van der Waals surface area contributed by atoms with Crippen LogP contribution in [0.5, 0.6) is 0 Å². The minimum atomic E-state index is -3.90. The average Bonchev–Trinajstić information content (AvgIpc) is 2.70. The molecule has 0 amide bonds. The summed E-state index contributed by atoms with van der Waals surface area (Å²) in [6.07, 6.45) is 0. The van der Waals surface area contributed by atoms with E-state index in [0.717, 1.165) is 8.95 Å². The highest BCUT2D eigenvalue weighted by molar-refractivity contribution is 9.11. The van der Waals surface area contributed by atoms with Crippen molar-refractivity contribution in [3.05, 3.63) is 27.1 Å². The van der Waals surface area contributed by atoms with E-state index in [2.05, 4.69) is 47.0 Å². The standard InChI is InChI=1S/C8H4Br2ClN3O2S/c9-4-1-2-6(10)5(3-4)7-12-8(14-13-7)17(11,15)16/h1-3H,(H,12,13,14). The van der Waals surface area contributed by atoms with Gasteiger partial charge in [0.2, 0.25) is 0 Å². The van der Waals surface area contributed by atoms with Gasteiger partial charge in [-0.15, -0.1) is 0 Å². The minimum Gasteiger partial charge on any atom is -0.248 e. The SMILES string of the molecule is O=S(=O)(Cl)c1nc(-c2cc(Br)ccc2Br)n[nH]1. The summed E-state index contributed by atoms with van der Waals surface area (Å²) in [7, 11) is 1.25. The maximum absolute atomic E-state index is 11.0. The van der Waals surface area contributed by atoms with E-state index in [1.54, 1.807) is 12.1 Å². The molecule has 0 radical (unpaired) electrons. The minimum absolute atomic E-state index is 0.248. The van der Waals surface area contributed by atoms with Crippen LogP contribution in [0.1, 0.15) is 0 Å². The van der Waals surface area contributed by atoms with Crippen LogP contribution in [0.2, 0.25) is 0 Å². The molecule has 0 saturated carbocycles. The summed E-state index contributed by atoms with van der Waals surface area (Å²) in [6, 6.07) is 5.39. The fourth-order valence-corrected chi connectivity index (χ4v) is 2.49. The summed E-state index contributed by atoms with van der Waals surface area (Å²) in [4.78, 5) is 3.82. The number of benzene rings is 1. The second kappa shape index (κ2) is 4.68. The van der Waals surface area contributed by atoms with Crippen molar-refractivity contribution in [2.24, 2.45) is 0 Å². The maximum Gasteiger partial charge on any atom is 0.296 e. The lowest BCUT2D eigenvalue weighted by atomic mass is 10.2. The molecular formula is C8H4Br2ClN3O2S. The third kappa shape index (κ3) is 2.87. The van der Waals surface area contributed by atoms with Crippen molar-refractivity contribution in [2.75, 3.05) is 0 Å². The molecule has 0 aliphatic carbocycles. The third-order valence-electron chi connectivity index (χ3n) is 1.87. The predicted octanol–water partition coefficient (Wildman–Crippen LogP) is 2.92. The quantitative estimate of drug-likeness (QED) is 0.785. The molecule has 5 nitrogen and oxygen atoms in total. The smallest absolute Gasteiger partial charge is 0.248 e. The second-order valence-electron chi connectivity index (χ2n) is 3.03. The highest BCUT2D eigenvalue weighted by Crippen LogP contribution is 2.29. The van der Waals surface area contributed by atoms with Gasteiger partial charge in [0.1, 0.15) is 0 Å². The Bertz CT molecular complexity index is 671. The van der Waals surface area contributed by atoms with Crippen LogP contribution in [-0.4, -0.2) is 23.6 Å². The Labute approximate surface area is 118 Å². The average molecular weight is 401 g/mol. The molecule has 2 aromatic rings. The van der Waals surface area contributed by atoms with Gasteiger partial charge >= 0.3 is 0 Å². The van der Waals surface area contributed by atoms with E-state index in [1.165, 1.54) is 0 Å². The molecule has 17 heavy (non-hydrogen) atoms. The molecule has 0 atom stereocenters. The molecule has 9 heteroatoms. The topological polar surface area (TPSA) is 75.7 Å². The van der Waals surface area contributed by atoms with Gasteiger partial charge in [-0.3, -0.25) is 0 Å². The summed E-state index contributed by atoms with van der Waals surface area (Å²) < 4.78 is 23.7. The lowest BCUT2D eigenvalue weighted by Crippen LogP contribution is -1.92. The molecule has 90 valence electrons. The first kappa shape index (κ1) is 13.0. The Kier molecular flexibility index (Phi) is 3.58. The van der Waals surface area contributed by atoms with Gasteiger partial charge in [-0.2, -0.15) is 10.1 Å². The van der Waals surface area contributed by atoms with Crippen molar-refractivity contribution in [1.82, 2.24) is 15.2 Å². The van der Waals surface area contributed by atoms with Crippen molar-refractivity contribution in [2.45, 2.75) is 5.16 Å². The highest BCUT2D eigenvalue weighted by atomic mass is 79.9. The molecule has 1 aromatic carbocycles. The van der Waals surface area contributed by atoms with Crippen molar-refractivity contribution in [3.63, 3.8) is 0 Å². The van der Waals surface area contributed by atoms with E-state index in [0.29, 0.717) is 5.56 Å². The van der Waals surface area contributed by atoms with Crippen LogP contribution >= 0.6 is 42.5 Å².